The molecule has 1 aromatic heterocycles. The summed E-state index contributed by atoms with van der Waals surface area (Å²) >= 11 is 0. The Bertz CT molecular complexity index is 907. The van der Waals surface area contributed by atoms with E-state index in [1.54, 1.807) is 21.3 Å². The lowest BCUT2D eigenvalue weighted by Crippen LogP contribution is -2.39. The third kappa shape index (κ3) is 6.28. The smallest absolute Gasteiger partial charge is 0.191 e. The Kier molecular flexibility index (Phi) is 9.11. The van der Waals surface area contributed by atoms with Crippen molar-refractivity contribution in [1.82, 2.24) is 10.6 Å². The largest absolute Gasteiger partial charge is 0.493 e. The van der Waals surface area contributed by atoms with E-state index in [-0.39, 0.29) is 24.0 Å². The molecule has 0 saturated carbocycles. The molecule has 156 valence electrons. The van der Waals surface area contributed by atoms with Crippen LogP contribution in [-0.4, -0.2) is 40.3 Å². The van der Waals surface area contributed by atoms with Crippen LogP contribution in [0.3, 0.4) is 0 Å². The standard InChI is InChI=1S/C22H27N3O3.HI/c1-23-22(24-12-10-16-8-9-20(26-2)21(14-16)27-3)25-13-11-18-15-17-6-4-5-7-19(17)28-18;/h4-9,14-15H,10-13H2,1-3H3,(H2,23,24,25);1H. The molecular formula is C22H28IN3O3. The third-order valence-electron chi connectivity index (χ3n) is 4.52. The second kappa shape index (κ2) is 11.5. The average Bonchev–Trinajstić information content (AvgIpc) is 3.15. The minimum atomic E-state index is 0. The quantitative estimate of drug-likeness (QED) is 0.273. The molecule has 0 bridgehead atoms. The third-order valence-corrected chi connectivity index (χ3v) is 4.52. The van der Waals surface area contributed by atoms with Crippen molar-refractivity contribution in [1.29, 1.82) is 0 Å². The van der Waals surface area contributed by atoms with Crippen molar-refractivity contribution >= 4 is 40.9 Å². The van der Waals surface area contributed by atoms with Crippen LogP contribution in [0, 0.1) is 0 Å². The first-order chi connectivity index (χ1) is 13.7. The van der Waals surface area contributed by atoms with E-state index in [0.717, 1.165) is 60.1 Å². The fourth-order valence-corrected chi connectivity index (χ4v) is 3.05. The summed E-state index contributed by atoms with van der Waals surface area (Å²) in [4.78, 5) is 4.27. The van der Waals surface area contributed by atoms with Crippen molar-refractivity contribution in [3.8, 4) is 11.5 Å². The molecule has 29 heavy (non-hydrogen) atoms. The highest BCUT2D eigenvalue weighted by molar-refractivity contribution is 14.0. The van der Waals surface area contributed by atoms with Crippen molar-refractivity contribution < 1.29 is 13.9 Å². The number of para-hydroxylation sites is 1. The molecular weight excluding hydrogens is 481 g/mol. The lowest BCUT2D eigenvalue weighted by Gasteiger charge is -2.12. The van der Waals surface area contributed by atoms with Crippen LogP contribution in [0.2, 0.25) is 0 Å². The maximum Gasteiger partial charge on any atom is 0.191 e. The summed E-state index contributed by atoms with van der Waals surface area (Å²) in [5, 5.41) is 7.79. The highest BCUT2D eigenvalue weighted by Gasteiger charge is 2.06. The lowest BCUT2D eigenvalue weighted by atomic mass is 10.1. The predicted octanol–water partition coefficient (Wildman–Crippen LogP) is 4.02. The summed E-state index contributed by atoms with van der Waals surface area (Å²) in [6.45, 7) is 1.51. The number of benzene rings is 2. The topological polar surface area (TPSA) is 68.0 Å². The fourth-order valence-electron chi connectivity index (χ4n) is 3.05. The van der Waals surface area contributed by atoms with Crippen molar-refractivity contribution in [2.75, 3.05) is 34.4 Å². The molecule has 0 fully saturated rings. The molecule has 0 unspecified atom stereocenters. The van der Waals surface area contributed by atoms with Gasteiger partial charge in [0.2, 0.25) is 0 Å². The monoisotopic (exact) mass is 509 g/mol. The summed E-state index contributed by atoms with van der Waals surface area (Å²) in [5.74, 6) is 3.22. The first-order valence-corrected chi connectivity index (χ1v) is 9.36. The van der Waals surface area contributed by atoms with E-state index in [2.05, 4.69) is 27.8 Å². The zero-order chi connectivity index (χ0) is 19.8. The minimum Gasteiger partial charge on any atom is -0.493 e. The number of furan rings is 1. The van der Waals surface area contributed by atoms with Gasteiger partial charge in [0.15, 0.2) is 17.5 Å². The van der Waals surface area contributed by atoms with Gasteiger partial charge in [0, 0.05) is 31.9 Å². The highest BCUT2D eigenvalue weighted by Crippen LogP contribution is 2.27. The summed E-state index contributed by atoms with van der Waals surface area (Å²) in [5.41, 5.74) is 2.10. The lowest BCUT2D eigenvalue weighted by molar-refractivity contribution is 0.354. The number of hydrogen-bond donors (Lipinski definition) is 2. The van der Waals surface area contributed by atoms with Crippen molar-refractivity contribution in [2.45, 2.75) is 12.8 Å². The Morgan fingerprint density at radius 1 is 0.931 bits per heavy atom. The van der Waals surface area contributed by atoms with Crippen molar-refractivity contribution in [3.05, 3.63) is 59.9 Å². The second-order valence-electron chi connectivity index (χ2n) is 6.37. The molecule has 0 aliphatic heterocycles. The molecule has 0 saturated heterocycles. The summed E-state index contributed by atoms with van der Waals surface area (Å²) in [7, 11) is 5.06. The molecule has 0 aliphatic carbocycles. The number of fused-ring (bicyclic) bond motifs is 1. The van der Waals surface area contributed by atoms with Crippen molar-refractivity contribution in [3.63, 3.8) is 0 Å². The number of rotatable bonds is 8. The summed E-state index contributed by atoms with van der Waals surface area (Å²) in [6, 6.07) is 16.1. The Balaban J connectivity index is 0.00000300. The Labute approximate surface area is 188 Å². The Morgan fingerprint density at radius 3 is 2.34 bits per heavy atom. The number of methoxy groups -OCH3 is 2. The number of halogens is 1. The number of aliphatic imine (C=N–C) groups is 1. The van der Waals surface area contributed by atoms with Gasteiger partial charge in [-0.25, -0.2) is 0 Å². The maximum atomic E-state index is 5.84. The SMILES string of the molecule is CN=C(NCCc1ccc(OC)c(OC)c1)NCCc1cc2ccccc2o1.I. The van der Waals surface area contributed by atoms with Gasteiger partial charge in [-0.15, -0.1) is 24.0 Å². The maximum absolute atomic E-state index is 5.84. The van der Waals surface area contributed by atoms with Gasteiger partial charge < -0.3 is 24.5 Å². The number of ether oxygens (including phenoxy) is 2. The molecule has 3 rings (SSSR count). The van der Waals surface area contributed by atoms with Gasteiger partial charge >= 0.3 is 0 Å². The molecule has 0 radical (unpaired) electrons. The van der Waals surface area contributed by atoms with Gasteiger partial charge in [0.05, 0.1) is 14.2 Å². The van der Waals surface area contributed by atoms with Gasteiger partial charge in [-0.1, -0.05) is 24.3 Å². The molecule has 6 nitrogen and oxygen atoms in total. The zero-order valence-electron chi connectivity index (χ0n) is 17.0. The summed E-state index contributed by atoms with van der Waals surface area (Å²) < 4.78 is 16.5. The van der Waals surface area contributed by atoms with E-state index in [9.17, 15) is 0 Å². The predicted molar refractivity (Wildman–Crippen MR) is 128 cm³/mol. The van der Waals surface area contributed by atoms with Crippen LogP contribution >= 0.6 is 24.0 Å². The van der Waals surface area contributed by atoms with Gasteiger partial charge in [0.1, 0.15) is 11.3 Å². The molecule has 0 amide bonds. The molecule has 0 spiro atoms. The van der Waals surface area contributed by atoms with E-state index in [1.807, 2.05) is 36.4 Å². The van der Waals surface area contributed by atoms with E-state index >= 15 is 0 Å². The van der Waals surface area contributed by atoms with Gasteiger partial charge in [-0.2, -0.15) is 0 Å². The minimum absolute atomic E-state index is 0. The van der Waals surface area contributed by atoms with E-state index in [1.165, 1.54) is 5.56 Å². The highest BCUT2D eigenvalue weighted by atomic mass is 127. The molecule has 1 heterocycles. The normalized spacial score (nSPS) is 11.1. The van der Waals surface area contributed by atoms with E-state index in [4.69, 9.17) is 13.9 Å². The van der Waals surface area contributed by atoms with Gasteiger partial charge in [-0.3, -0.25) is 4.99 Å². The second-order valence-corrected chi connectivity index (χ2v) is 6.37. The molecule has 2 N–H and O–H groups in total. The van der Waals surface area contributed by atoms with Crippen LogP contribution in [0.15, 0.2) is 57.9 Å². The molecule has 2 aromatic carbocycles. The van der Waals surface area contributed by atoms with Crippen LogP contribution in [0.5, 0.6) is 11.5 Å². The average molecular weight is 509 g/mol. The van der Waals surface area contributed by atoms with Gasteiger partial charge in [0.25, 0.3) is 0 Å². The first-order valence-electron chi connectivity index (χ1n) is 9.36. The van der Waals surface area contributed by atoms with Gasteiger partial charge in [-0.05, 0) is 36.2 Å². The van der Waals surface area contributed by atoms with Crippen LogP contribution < -0.4 is 20.1 Å². The van der Waals surface area contributed by atoms with Crippen LogP contribution in [0.4, 0.5) is 0 Å². The fraction of sp³-hybridized carbons (Fsp3) is 0.318. The molecule has 7 heteroatoms. The molecule has 0 aliphatic rings. The van der Waals surface area contributed by atoms with E-state index in [0.29, 0.717) is 0 Å². The van der Waals surface area contributed by atoms with Crippen LogP contribution in [0.25, 0.3) is 11.0 Å². The Morgan fingerprint density at radius 2 is 1.66 bits per heavy atom. The zero-order valence-corrected chi connectivity index (χ0v) is 19.4. The summed E-state index contributed by atoms with van der Waals surface area (Å²) in [6.07, 6.45) is 1.65. The molecule has 3 aromatic rings. The molecule has 0 atom stereocenters. The van der Waals surface area contributed by atoms with Crippen LogP contribution in [-0.2, 0) is 12.8 Å². The van der Waals surface area contributed by atoms with E-state index < -0.39 is 0 Å². The number of hydrogen-bond acceptors (Lipinski definition) is 4. The van der Waals surface area contributed by atoms with Crippen LogP contribution in [0.1, 0.15) is 11.3 Å². The van der Waals surface area contributed by atoms with Crippen molar-refractivity contribution in [2.24, 2.45) is 4.99 Å². The number of guanidine groups is 1. The number of nitrogens with zero attached hydrogens (tertiary/aromatic N) is 1. The Hall–Kier alpha value is -2.42. The number of nitrogens with one attached hydrogen (secondary N) is 2. The first kappa shape index (κ1) is 22.9.